The van der Waals surface area contributed by atoms with Crippen LogP contribution in [0.2, 0.25) is 10.0 Å². The quantitative estimate of drug-likeness (QED) is 0.393. The van der Waals surface area contributed by atoms with Gasteiger partial charge in [0.1, 0.15) is 5.75 Å². The van der Waals surface area contributed by atoms with Gasteiger partial charge in [-0.3, -0.25) is 0 Å². The number of para-hydroxylation sites is 1. The highest BCUT2D eigenvalue weighted by molar-refractivity contribution is 6.36. The second kappa shape index (κ2) is 6.80. The molecule has 0 radical (unpaired) electrons. The molecule has 0 aliphatic carbocycles. The van der Waals surface area contributed by atoms with Crippen LogP contribution in [0.15, 0.2) is 53.5 Å². The van der Waals surface area contributed by atoms with Crippen molar-refractivity contribution in [2.45, 2.75) is 0 Å². The number of halogens is 2. The summed E-state index contributed by atoms with van der Waals surface area (Å²) >= 11 is 11.8. The highest BCUT2D eigenvalue weighted by Crippen LogP contribution is 2.28. The molecule has 2 aromatic rings. The van der Waals surface area contributed by atoms with Crippen LogP contribution in [0.1, 0.15) is 0 Å². The van der Waals surface area contributed by atoms with Crippen molar-refractivity contribution in [3.05, 3.63) is 58.6 Å². The van der Waals surface area contributed by atoms with E-state index in [1.165, 1.54) is 0 Å². The Morgan fingerprint density at radius 2 is 1.90 bits per heavy atom. The SMILES string of the molecule is N#CNC(=Nc1ccc(Cl)cc1Cl)Oc1ccccc1. The predicted octanol–water partition coefficient (Wildman–Crippen LogP) is 4.13. The number of rotatable bonds is 2. The predicted molar refractivity (Wildman–Crippen MR) is 79.4 cm³/mol. The average Bonchev–Trinajstić information content (AvgIpc) is 2.43. The van der Waals surface area contributed by atoms with Gasteiger partial charge in [-0.25, -0.2) is 5.32 Å². The molecular formula is C14H9Cl2N3O. The van der Waals surface area contributed by atoms with Crippen LogP contribution in [-0.2, 0) is 0 Å². The lowest BCUT2D eigenvalue weighted by atomic mass is 10.3. The summed E-state index contributed by atoms with van der Waals surface area (Å²) in [5.74, 6) is 0.555. The fraction of sp³-hybridized carbons (Fsp3) is 0. The largest absolute Gasteiger partial charge is 0.425 e. The molecule has 1 N–H and O–H groups in total. The number of nitriles is 1. The number of benzene rings is 2. The third-order valence-electron chi connectivity index (χ3n) is 2.25. The van der Waals surface area contributed by atoms with Gasteiger partial charge in [0.15, 0.2) is 6.19 Å². The van der Waals surface area contributed by atoms with E-state index in [-0.39, 0.29) is 6.02 Å². The molecule has 0 aliphatic rings. The molecule has 6 heteroatoms. The van der Waals surface area contributed by atoms with Crippen molar-refractivity contribution in [1.29, 1.82) is 5.26 Å². The maximum absolute atomic E-state index is 8.73. The molecule has 0 heterocycles. The van der Waals surface area contributed by atoms with E-state index >= 15 is 0 Å². The van der Waals surface area contributed by atoms with Crippen LogP contribution in [0.5, 0.6) is 5.75 Å². The van der Waals surface area contributed by atoms with E-state index in [1.807, 2.05) is 18.2 Å². The van der Waals surface area contributed by atoms with E-state index in [4.69, 9.17) is 33.2 Å². The topological polar surface area (TPSA) is 57.4 Å². The summed E-state index contributed by atoms with van der Waals surface area (Å²) in [6, 6.07) is 13.9. The number of hydrogen-bond donors (Lipinski definition) is 1. The fourth-order valence-electron chi connectivity index (χ4n) is 1.41. The summed E-state index contributed by atoms with van der Waals surface area (Å²) in [7, 11) is 0. The van der Waals surface area contributed by atoms with Gasteiger partial charge in [-0.2, -0.15) is 10.3 Å². The Morgan fingerprint density at radius 3 is 2.55 bits per heavy atom. The molecule has 100 valence electrons. The van der Waals surface area contributed by atoms with Crippen LogP contribution in [0.25, 0.3) is 0 Å². The van der Waals surface area contributed by atoms with Gasteiger partial charge in [0.25, 0.3) is 0 Å². The summed E-state index contributed by atoms with van der Waals surface area (Å²) in [5, 5.41) is 12.0. The second-order valence-electron chi connectivity index (χ2n) is 3.66. The minimum absolute atomic E-state index is 0.0305. The Morgan fingerprint density at radius 1 is 1.15 bits per heavy atom. The number of nitrogens with one attached hydrogen (secondary N) is 1. The second-order valence-corrected chi connectivity index (χ2v) is 4.51. The summed E-state index contributed by atoms with van der Waals surface area (Å²) in [6.07, 6.45) is 1.76. The molecule has 0 atom stereocenters. The van der Waals surface area contributed by atoms with Gasteiger partial charge in [0.2, 0.25) is 0 Å². The number of ether oxygens (including phenoxy) is 1. The van der Waals surface area contributed by atoms with Crippen LogP contribution in [0, 0.1) is 11.5 Å². The first-order valence-corrected chi connectivity index (χ1v) is 6.36. The molecule has 20 heavy (non-hydrogen) atoms. The van der Waals surface area contributed by atoms with Crippen molar-refractivity contribution in [2.24, 2.45) is 4.99 Å². The van der Waals surface area contributed by atoms with Crippen LogP contribution < -0.4 is 10.1 Å². The van der Waals surface area contributed by atoms with Gasteiger partial charge in [0.05, 0.1) is 10.7 Å². The molecule has 2 aromatic carbocycles. The first kappa shape index (κ1) is 14.2. The molecule has 0 saturated heterocycles. The van der Waals surface area contributed by atoms with Crippen molar-refractivity contribution in [3.8, 4) is 11.9 Å². The van der Waals surface area contributed by atoms with Gasteiger partial charge >= 0.3 is 6.02 Å². The number of nitrogens with zero attached hydrogens (tertiary/aromatic N) is 2. The number of hydrogen-bond acceptors (Lipinski definition) is 3. The van der Waals surface area contributed by atoms with Gasteiger partial charge < -0.3 is 4.74 Å². The van der Waals surface area contributed by atoms with Crippen molar-refractivity contribution in [2.75, 3.05) is 0 Å². The smallest absolute Gasteiger partial charge is 0.309 e. The summed E-state index contributed by atoms with van der Waals surface area (Å²) in [4.78, 5) is 4.15. The van der Waals surface area contributed by atoms with Gasteiger partial charge in [0, 0.05) is 5.02 Å². The molecule has 0 amide bonds. The van der Waals surface area contributed by atoms with Gasteiger partial charge in [-0.15, -0.1) is 0 Å². The van der Waals surface area contributed by atoms with Gasteiger partial charge in [-0.1, -0.05) is 41.4 Å². The van der Waals surface area contributed by atoms with E-state index < -0.39 is 0 Å². The molecule has 0 bridgehead atoms. The van der Waals surface area contributed by atoms with Crippen molar-refractivity contribution >= 4 is 34.9 Å². The molecule has 0 aromatic heterocycles. The average molecular weight is 306 g/mol. The Kier molecular flexibility index (Phi) is 4.83. The third-order valence-corrected chi connectivity index (χ3v) is 2.79. The van der Waals surface area contributed by atoms with Crippen LogP contribution in [0.3, 0.4) is 0 Å². The Hall–Kier alpha value is -2.22. The summed E-state index contributed by atoms with van der Waals surface area (Å²) in [5.41, 5.74) is 0.449. The van der Waals surface area contributed by atoms with Crippen LogP contribution in [-0.4, -0.2) is 6.02 Å². The summed E-state index contributed by atoms with van der Waals surface area (Å²) in [6.45, 7) is 0. The Bertz CT molecular complexity index is 666. The molecule has 2 rings (SSSR count). The zero-order chi connectivity index (χ0) is 14.4. The lowest BCUT2D eigenvalue weighted by molar-refractivity contribution is 0.531. The zero-order valence-corrected chi connectivity index (χ0v) is 11.7. The van der Waals surface area contributed by atoms with E-state index in [0.717, 1.165) is 0 Å². The highest BCUT2D eigenvalue weighted by Gasteiger charge is 2.05. The molecule has 0 fully saturated rings. The van der Waals surface area contributed by atoms with E-state index in [0.29, 0.717) is 21.5 Å². The lowest BCUT2D eigenvalue weighted by Gasteiger charge is -2.07. The van der Waals surface area contributed by atoms with E-state index in [2.05, 4.69) is 10.3 Å². The van der Waals surface area contributed by atoms with Gasteiger partial charge in [-0.05, 0) is 30.3 Å². The van der Waals surface area contributed by atoms with Crippen LogP contribution >= 0.6 is 23.2 Å². The minimum atomic E-state index is 0.0305. The minimum Gasteiger partial charge on any atom is -0.425 e. The number of amidine groups is 1. The lowest BCUT2D eigenvalue weighted by Crippen LogP contribution is -2.24. The zero-order valence-electron chi connectivity index (χ0n) is 10.2. The first-order valence-electron chi connectivity index (χ1n) is 5.61. The Balaban J connectivity index is 2.28. The van der Waals surface area contributed by atoms with Crippen LogP contribution in [0.4, 0.5) is 5.69 Å². The third kappa shape index (κ3) is 3.89. The molecular weight excluding hydrogens is 297 g/mol. The van der Waals surface area contributed by atoms with Crippen molar-refractivity contribution in [1.82, 2.24) is 5.32 Å². The number of aliphatic imine (C=N–C) groups is 1. The first-order chi connectivity index (χ1) is 9.69. The van der Waals surface area contributed by atoms with Crippen molar-refractivity contribution in [3.63, 3.8) is 0 Å². The molecule has 0 spiro atoms. The van der Waals surface area contributed by atoms with E-state index in [1.54, 1.807) is 36.5 Å². The highest BCUT2D eigenvalue weighted by atomic mass is 35.5. The standard InChI is InChI=1S/C14H9Cl2N3O/c15-10-6-7-13(12(16)8-10)19-14(18-9-17)20-11-4-2-1-3-5-11/h1-8H,(H,18,19). The monoisotopic (exact) mass is 305 g/mol. The maximum Gasteiger partial charge on any atom is 0.309 e. The fourth-order valence-corrected chi connectivity index (χ4v) is 1.86. The normalized spacial score (nSPS) is 10.8. The molecule has 0 saturated carbocycles. The van der Waals surface area contributed by atoms with E-state index in [9.17, 15) is 0 Å². The van der Waals surface area contributed by atoms with Crippen molar-refractivity contribution < 1.29 is 4.74 Å². The Labute approximate surface area is 126 Å². The molecule has 4 nitrogen and oxygen atoms in total. The maximum atomic E-state index is 8.73. The summed E-state index contributed by atoms with van der Waals surface area (Å²) < 4.78 is 5.47. The molecule has 0 unspecified atom stereocenters. The molecule has 0 aliphatic heterocycles.